The Bertz CT molecular complexity index is 967. The van der Waals surface area contributed by atoms with Gasteiger partial charge in [-0.25, -0.2) is 4.79 Å². The normalized spacial score (nSPS) is 14.7. The smallest absolute Gasteiger partial charge is 0.328 e. The number of hydrogen-bond acceptors (Lipinski definition) is 8. The van der Waals surface area contributed by atoms with Crippen LogP contribution >= 0.6 is 0 Å². The highest BCUT2D eigenvalue weighted by Gasteiger charge is 2.32. The number of benzene rings is 1. The first-order valence-electron chi connectivity index (χ1n) is 12.2. The van der Waals surface area contributed by atoms with Crippen molar-refractivity contribution in [2.75, 3.05) is 13.2 Å². The third kappa shape index (κ3) is 11.0. The van der Waals surface area contributed by atoms with Gasteiger partial charge >= 0.3 is 5.97 Å². The van der Waals surface area contributed by atoms with E-state index in [4.69, 9.17) is 22.3 Å². The number of guanidine groups is 1. The number of aliphatic hydroxyl groups is 1. The Morgan fingerprint density at radius 1 is 0.974 bits per heavy atom. The highest BCUT2D eigenvalue weighted by Crippen LogP contribution is 2.13. The molecular formula is C24H39N7O7. The first-order chi connectivity index (χ1) is 17.9. The van der Waals surface area contributed by atoms with Crippen molar-refractivity contribution in [3.8, 4) is 5.75 Å². The number of aliphatic hydroxyl groups excluding tert-OH is 1. The first kappa shape index (κ1) is 32.1. The number of hydrogen-bond donors (Lipinski definition) is 9. The van der Waals surface area contributed by atoms with Crippen molar-refractivity contribution in [2.24, 2.45) is 28.1 Å². The standard InChI is InChI=1S/C24H39N7O7/c1-3-13(2)19(31-20(34)16(25)11-14-6-8-15(33)9-7-14)22(36)29-17(5-4-10-28-24(26)27)21(35)30-18(12-32)23(37)38/h6-9,13,16-19,32-33H,3-5,10-12,25H2,1-2H3,(H,29,36)(H,30,35)(H,31,34)(H,37,38)(H4,26,27,28). The molecule has 1 aromatic carbocycles. The van der Waals surface area contributed by atoms with Gasteiger partial charge in [-0.15, -0.1) is 0 Å². The lowest BCUT2D eigenvalue weighted by atomic mass is 9.96. The number of phenols is 1. The molecule has 0 fully saturated rings. The maximum Gasteiger partial charge on any atom is 0.328 e. The molecule has 0 saturated carbocycles. The summed E-state index contributed by atoms with van der Waals surface area (Å²) in [5.74, 6) is -3.94. The number of aromatic hydroxyl groups is 1. The fourth-order valence-corrected chi connectivity index (χ4v) is 3.43. The van der Waals surface area contributed by atoms with Gasteiger partial charge in [-0.3, -0.25) is 19.4 Å². The van der Waals surface area contributed by atoms with E-state index in [2.05, 4.69) is 20.9 Å². The van der Waals surface area contributed by atoms with Crippen LogP contribution in [0.3, 0.4) is 0 Å². The number of carboxylic acids is 1. The van der Waals surface area contributed by atoms with E-state index in [1.54, 1.807) is 19.1 Å². The Balaban J connectivity index is 3.00. The molecule has 12 N–H and O–H groups in total. The Hall–Kier alpha value is -3.91. The Morgan fingerprint density at radius 2 is 1.58 bits per heavy atom. The molecule has 0 aliphatic carbocycles. The van der Waals surface area contributed by atoms with Crippen LogP contribution in [-0.2, 0) is 25.6 Å². The van der Waals surface area contributed by atoms with E-state index in [0.29, 0.717) is 12.0 Å². The van der Waals surface area contributed by atoms with Crippen molar-refractivity contribution in [1.29, 1.82) is 0 Å². The largest absolute Gasteiger partial charge is 0.508 e. The van der Waals surface area contributed by atoms with Crippen molar-refractivity contribution >= 4 is 29.7 Å². The van der Waals surface area contributed by atoms with Crippen LogP contribution in [0.15, 0.2) is 29.3 Å². The van der Waals surface area contributed by atoms with Gasteiger partial charge in [-0.05, 0) is 42.9 Å². The van der Waals surface area contributed by atoms with E-state index in [1.807, 2.05) is 6.92 Å². The van der Waals surface area contributed by atoms with Crippen LogP contribution in [0.4, 0.5) is 0 Å². The van der Waals surface area contributed by atoms with E-state index >= 15 is 0 Å². The van der Waals surface area contributed by atoms with Gasteiger partial charge in [0.05, 0.1) is 12.6 Å². The van der Waals surface area contributed by atoms with Crippen molar-refractivity contribution in [1.82, 2.24) is 16.0 Å². The van der Waals surface area contributed by atoms with E-state index in [1.165, 1.54) is 12.1 Å². The zero-order chi connectivity index (χ0) is 28.8. The van der Waals surface area contributed by atoms with Crippen molar-refractivity contribution in [3.05, 3.63) is 29.8 Å². The molecule has 0 heterocycles. The summed E-state index contributed by atoms with van der Waals surface area (Å²) >= 11 is 0. The zero-order valence-corrected chi connectivity index (χ0v) is 21.6. The number of carbonyl (C=O) groups excluding carboxylic acids is 3. The maximum absolute atomic E-state index is 13.2. The molecule has 0 saturated heterocycles. The summed E-state index contributed by atoms with van der Waals surface area (Å²) in [6.07, 6.45) is 0.992. The van der Waals surface area contributed by atoms with Gasteiger partial charge in [-0.1, -0.05) is 32.4 Å². The monoisotopic (exact) mass is 537 g/mol. The molecule has 1 aromatic rings. The lowest BCUT2D eigenvalue weighted by Crippen LogP contribution is -2.59. The van der Waals surface area contributed by atoms with Crippen molar-refractivity contribution in [2.45, 2.75) is 63.7 Å². The topological polar surface area (TPSA) is 255 Å². The van der Waals surface area contributed by atoms with Crippen LogP contribution in [0.5, 0.6) is 5.75 Å². The van der Waals surface area contributed by atoms with Gasteiger partial charge in [0.2, 0.25) is 17.7 Å². The predicted octanol–water partition coefficient (Wildman–Crippen LogP) is -2.11. The third-order valence-corrected chi connectivity index (χ3v) is 5.90. The van der Waals surface area contributed by atoms with Crippen LogP contribution in [0, 0.1) is 5.92 Å². The fourth-order valence-electron chi connectivity index (χ4n) is 3.43. The van der Waals surface area contributed by atoms with E-state index < -0.39 is 54.5 Å². The molecule has 14 nitrogen and oxygen atoms in total. The second-order valence-electron chi connectivity index (χ2n) is 8.94. The van der Waals surface area contributed by atoms with Gasteiger partial charge in [0.15, 0.2) is 5.96 Å². The van der Waals surface area contributed by atoms with Gasteiger partial charge < -0.3 is 48.5 Å². The number of carboxylic acid groups (broad SMARTS) is 1. The van der Waals surface area contributed by atoms with Gasteiger partial charge in [0, 0.05) is 6.54 Å². The summed E-state index contributed by atoms with van der Waals surface area (Å²) in [5, 5.41) is 35.2. The molecule has 0 spiro atoms. The average molecular weight is 538 g/mol. The van der Waals surface area contributed by atoms with Crippen molar-refractivity contribution in [3.63, 3.8) is 0 Å². The molecule has 0 bridgehead atoms. The number of nitrogens with two attached hydrogens (primary N) is 3. The predicted molar refractivity (Wildman–Crippen MR) is 140 cm³/mol. The SMILES string of the molecule is CCC(C)C(NC(=O)C(N)Cc1ccc(O)cc1)C(=O)NC(CCCN=C(N)N)C(=O)NC(CO)C(=O)O. The number of amides is 3. The second-order valence-corrected chi connectivity index (χ2v) is 8.94. The average Bonchev–Trinajstić information content (AvgIpc) is 2.87. The Labute approximate surface area is 221 Å². The quantitative estimate of drug-likeness (QED) is 0.0630. The van der Waals surface area contributed by atoms with Crippen LogP contribution in [-0.4, -0.2) is 82.3 Å². The molecule has 212 valence electrons. The molecule has 1 rings (SSSR count). The lowest BCUT2D eigenvalue weighted by molar-refractivity contribution is -0.143. The summed E-state index contributed by atoms with van der Waals surface area (Å²) in [6.45, 7) is 2.88. The van der Waals surface area contributed by atoms with Crippen LogP contribution in [0.2, 0.25) is 0 Å². The zero-order valence-electron chi connectivity index (χ0n) is 21.6. The number of rotatable bonds is 16. The summed E-state index contributed by atoms with van der Waals surface area (Å²) in [5.41, 5.74) is 17.4. The molecule has 0 radical (unpaired) electrons. The minimum Gasteiger partial charge on any atom is -0.508 e. The summed E-state index contributed by atoms with van der Waals surface area (Å²) < 4.78 is 0. The lowest BCUT2D eigenvalue weighted by Gasteiger charge is -2.28. The van der Waals surface area contributed by atoms with Crippen LogP contribution < -0.4 is 33.2 Å². The van der Waals surface area contributed by atoms with E-state index in [0.717, 1.165) is 0 Å². The first-order valence-corrected chi connectivity index (χ1v) is 12.2. The fraction of sp³-hybridized carbons (Fsp3) is 0.542. The summed E-state index contributed by atoms with van der Waals surface area (Å²) in [7, 11) is 0. The number of aliphatic imine (C=N–C) groups is 1. The molecule has 0 aliphatic heterocycles. The number of nitrogens with one attached hydrogen (secondary N) is 3. The third-order valence-electron chi connectivity index (χ3n) is 5.90. The van der Waals surface area contributed by atoms with Gasteiger partial charge in [0.1, 0.15) is 23.9 Å². The molecule has 38 heavy (non-hydrogen) atoms. The number of phenolic OH excluding ortho intramolecular Hbond substituents is 1. The van der Waals surface area contributed by atoms with Gasteiger partial charge in [-0.2, -0.15) is 0 Å². The molecule has 3 amide bonds. The summed E-state index contributed by atoms with van der Waals surface area (Å²) in [6, 6.07) is 1.41. The van der Waals surface area contributed by atoms with E-state index in [9.17, 15) is 29.4 Å². The van der Waals surface area contributed by atoms with Crippen LogP contribution in [0.25, 0.3) is 0 Å². The highest BCUT2D eigenvalue weighted by molar-refractivity contribution is 5.94. The molecule has 5 unspecified atom stereocenters. The molecule has 14 heteroatoms. The summed E-state index contributed by atoms with van der Waals surface area (Å²) in [4.78, 5) is 53.9. The number of aliphatic carboxylic acids is 1. The molecule has 0 aliphatic rings. The van der Waals surface area contributed by atoms with E-state index in [-0.39, 0.29) is 43.4 Å². The highest BCUT2D eigenvalue weighted by atomic mass is 16.4. The molecule has 0 aromatic heterocycles. The number of carbonyl (C=O) groups is 4. The van der Waals surface area contributed by atoms with Crippen LogP contribution in [0.1, 0.15) is 38.7 Å². The van der Waals surface area contributed by atoms with Gasteiger partial charge in [0.25, 0.3) is 0 Å². The minimum atomic E-state index is -1.57. The van der Waals surface area contributed by atoms with Crippen molar-refractivity contribution < 1.29 is 34.5 Å². The number of nitrogens with zero attached hydrogens (tertiary/aromatic N) is 1. The Morgan fingerprint density at radius 3 is 2.11 bits per heavy atom. The second kappa shape index (κ2) is 16.0. The molecular weight excluding hydrogens is 498 g/mol. The molecule has 5 atom stereocenters. The maximum atomic E-state index is 13.2. The Kier molecular flexibility index (Phi) is 13.6. The minimum absolute atomic E-state index is 0.0493.